The number of benzene rings is 2. The van der Waals surface area contributed by atoms with Gasteiger partial charge >= 0.3 is 0 Å². The molecule has 1 aliphatic rings. The molecule has 0 aliphatic carbocycles. The van der Waals surface area contributed by atoms with Gasteiger partial charge < -0.3 is 4.90 Å². The van der Waals surface area contributed by atoms with Crippen molar-refractivity contribution in [2.75, 3.05) is 23.9 Å². The minimum absolute atomic E-state index is 0.153. The van der Waals surface area contributed by atoms with E-state index >= 15 is 0 Å². The maximum Gasteiger partial charge on any atom is 0.264 e. The highest BCUT2D eigenvalue weighted by Gasteiger charge is 2.30. The molecule has 1 fully saturated rings. The van der Waals surface area contributed by atoms with Crippen LogP contribution in [-0.4, -0.2) is 38.9 Å². The summed E-state index contributed by atoms with van der Waals surface area (Å²) in [6, 6.07) is 14.6. The monoisotopic (exact) mass is 406 g/mol. The molecule has 1 atom stereocenters. The Balaban J connectivity index is 1.93. The first kappa shape index (κ1) is 19.7. The van der Waals surface area contributed by atoms with Crippen LogP contribution in [0.2, 0.25) is 5.02 Å². The van der Waals surface area contributed by atoms with E-state index < -0.39 is 10.0 Å². The van der Waals surface area contributed by atoms with Crippen molar-refractivity contribution in [3.63, 3.8) is 0 Å². The molecule has 1 aliphatic heterocycles. The molecular formula is C20H23ClN2O3S. The minimum Gasteiger partial charge on any atom is -0.341 e. The Morgan fingerprint density at radius 2 is 1.81 bits per heavy atom. The second kappa shape index (κ2) is 8.31. The SMILES string of the molecule is C[C@@H]1CCCN(C(=O)CN(c2ccc(Cl)cc2)S(=O)(=O)c2ccccc2)C1. The van der Waals surface area contributed by atoms with Gasteiger partial charge in [0.2, 0.25) is 5.91 Å². The maximum absolute atomic E-state index is 13.2. The molecule has 27 heavy (non-hydrogen) atoms. The third kappa shape index (κ3) is 4.62. The first-order valence-corrected chi connectivity index (χ1v) is 10.8. The molecule has 2 aromatic carbocycles. The summed E-state index contributed by atoms with van der Waals surface area (Å²) in [7, 11) is -3.87. The molecule has 1 saturated heterocycles. The fraction of sp³-hybridized carbons (Fsp3) is 0.350. The fourth-order valence-corrected chi connectivity index (χ4v) is 4.84. The van der Waals surface area contributed by atoms with E-state index in [1.807, 2.05) is 0 Å². The van der Waals surface area contributed by atoms with Crippen LogP contribution in [0.5, 0.6) is 0 Å². The van der Waals surface area contributed by atoms with E-state index in [0.717, 1.165) is 12.8 Å². The van der Waals surface area contributed by atoms with Gasteiger partial charge in [0, 0.05) is 18.1 Å². The summed E-state index contributed by atoms with van der Waals surface area (Å²) in [4.78, 5) is 14.8. The molecule has 5 nitrogen and oxygen atoms in total. The molecule has 3 rings (SSSR count). The van der Waals surface area contributed by atoms with E-state index in [1.54, 1.807) is 47.4 Å². The van der Waals surface area contributed by atoms with Crippen LogP contribution in [0.1, 0.15) is 19.8 Å². The molecule has 0 spiro atoms. The number of hydrogen-bond acceptors (Lipinski definition) is 3. The second-order valence-electron chi connectivity index (χ2n) is 6.89. The number of carbonyl (C=O) groups is 1. The fourth-order valence-electron chi connectivity index (χ4n) is 3.28. The van der Waals surface area contributed by atoms with Crippen LogP contribution in [0.25, 0.3) is 0 Å². The van der Waals surface area contributed by atoms with Crippen LogP contribution in [0.15, 0.2) is 59.5 Å². The highest BCUT2D eigenvalue weighted by molar-refractivity contribution is 7.92. The number of anilines is 1. The van der Waals surface area contributed by atoms with E-state index in [0.29, 0.717) is 29.7 Å². The lowest BCUT2D eigenvalue weighted by Gasteiger charge is -2.33. The standard InChI is InChI=1S/C20H23ClN2O3S/c1-16-6-5-13-22(14-16)20(24)15-23(18-11-9-17(21)10-12-18)27(25,26)19-7-3-2-4-8-19/h2-4,7-12,16H,5-6,13-15H2,1H3/t16-/m1/s1. The minimum atomic E-state index is -3.87. The van der Waals surface area contributed by atoms with Gasteiger partial charge in [0.05, 0.1) is 10.6 Å². The summed E-state index contributed by atoms with van der Waals surface area (Å²) in [5.74, 6) is 0.244. The third-order valence-electron chi connectivity index (χ3n) is 4.73. The number of likely N-dealkylation sites (tertiary alicyclic amines) is 1. The quantitative estimate of drug-likeness (QED) is 0.758. The maximum atomic E-state index is 13.2. The summed E-state index contributed by atoms with van der Waals surface area (Å²) in [6.45, 7) is 3.21. The van der Waals surface area contributed by atoms with Crippen LogP contribution in [0.3, 0.4) is 0 Å². The van der Waals surface area contributed by atoms with Crippen molar-refractivity contribution < 1.29 is 13.2 Å². The Morgan fingerprint density at radius 3 is 2.44 bits per heavy atom. The summed E-state index contributed by atoms with van der Waals surface area (Å²) in [6.07, 6.45) is 2.03. The van der Waals surface area contributed by atoms with Crippen molar-refractivity contribution in [3.05, 3.63) is 59.6 Å². The lowest BCUT2D eigenvalue weighted by molar-refractivity contribution is -0.131. The zero-order valence-corrected chi connectivity index (χ0v) is 16.8. The summed E-state index contributed by atoms with van der Waals surface area (Å²) in [5, 5.41) is 0.506. The number of halogens is 1. The van der Waals surface area contributed by atoms with Gasteiger partial charge in [-0.25, -0.2) is 8.42 Å². The molecule has 144 valence electrons. The van der Waals surface area contributed by atoms with E-state index in [4.69, 9.17) is 11.6 Å². The first-order valence-electron chi connectivity index (χ1n) is 8.99. The van der Waals surface area contributed by atoms with Crippen molar-refractivity contribution in [2.45, 2.75) is 24.7 Å². The summed E-state index contributed by atoms with van der Waals surface area (Å²) < 4.78 is 27.6. The van der Waals surface area contributed by atoms with Crippen molar-refractivity contribution >= 4 is 33.2 Å². The number of nitrogens with zero attached hydrogens (tertiary/aromatic N) is 2. The topological polar surface area (TPSA) is 57.7 Å². The van der Waals surface area contributed by atoms with Crippen molar-refractivity contribution in [2.24, 2.45) is 5.92 Å². The molecule has 1 heterocycles. The molecule has 0 unspecified atom stereocenters. The second-order valence-corrected chi connectivity index (χ2v) is 9.19. The van der Waals surface area contributed by atoms with Crippen molar-refractivity contribution in [3.8, 4) is 0 Å². The van der Waals surface area contributed by atoms with Crippen molar-refractivity contribution in [1.82, 2.24) is 4.90 Å². The smallest absolute Gasteiger partial charge is 0.264 e. The van der Waals surface area contributed by atoms with Crippen LogP contribution in [-0.2, 0) is 14.8 Å². The molecule has 2 aromatic rings. The van der Waals surface area contributed by atoms with Gasteiger partial charge in [-0.1, -0.05) is 36.7 Å². The normalized spacial score (nSPS) is 17.6. The molecule has 1 amide bonds. The molecular weight excluding hydrogens is 384 g/mol. The number of piperidine rings is 1. The average Bonchev–Trinajstić information content (AvgIpc) is 2.67. The molecule has 0 aromatic heterocycles. The van der Waals surface area contributed by atoms with Crippen molar-refractivity contribution in [1.29, 1.82) is 0 Å². The largest absolute Gasteiger partial charge is 0.341 e. The predicted octanol–water partition coefficient (Wildman–Crippen LogP) is 3.79. The van der Waals surface area contributed by atoms with Crippen LogP contribution in [0, 0.1) is 5.92 Å². The van der Waals surface area contributed by atoms with Gasteiger partial charge in [-0.15, -0.1) is 0 Å². The third-order valence-corrected chi connectivity index (χ3v) is 6.77. The van der Waals surface area contributed by atoms with E-state index in [-0.39, 0.29) is 17.3 Å². The highest BCUT2D eigenvalue weighted by Crippen LogP contribution is 2.26. The number of hydrogen-bond donors (Lipinski definition) is 0. The Labute approximate surface area is 165 Å². The van der Waals surface area contributed by atoms with E-state index in [2.05, 4.69) is 6.92 Å². The highest BCUT2D eigenvalue weighted by atomic mass is 35.5. The molecule has 0 N–H and O–H groups in total. The lowest BCUT2D eigenvalue weighted by Crippen LogP contribution is -2.46. The van der Waals surface area contributed by atoms with E-state index in [1.165, 1.54) is 16.4 Å². The van der Waals surface area contributed by atoms with Gasteiger partial charge in [0.25, 0.3) is 10.0 Å². The van der Waals surface area contributed by atoms with Crippen LogP contribution < -0.4 is 4.31 Å². The Morgan fingerprint density at radius 1 is 1.15 bits per heavy atom. The zero-order chi connectivity index (χ0) is 19.4. The lowest BCUT2D eigenvalue weighted by atomic mass is 10.0. The zero-order valence-electron chi connectivity index (χ0n) is 15.2. The molecule has 0 bridgehead atoms. The number of carbonyl (C=O) groups excluding carboxylic acids is 1. The van der Waals surface area contributed by atoms with Gasteiger partial charge in [-0.2, -0.15) is 0 Å². The Kier molecular flexibility index (Phi) is 6.07. The molecule has 7 heteroatoms. The van der Waals surface area contributed by atoms with Gasteiger partial charge in [0.1, 0.15) is 6.54 Å². The Bertz CT molecular complexity index is 885. The van der Waals surface area contributed by atoms with Gasteiger partial charge in [0.15, 0.2) is 0 Å². The molecule has 0 radical (unpaired) electrons. The Hall–Kier alpha value is -2.05. The molecule has 0 saturated carbocycles. The average molecular weight is 407 g/mol. The van der Waals surface area contributed by atoms with Crippen LogP contribution in [0.4, 0.5) is 5.69 Å². The van der Waals surface area contributed by atoms with Gasteiger partial charge in [-0.05, 0) is 55.2 Å². The number of sulfonamides is 1. The summed E-state index contributed by atoms with van der Waals surface area (Å²) >= 11 is 5.95. The number of rotatable bonds is 5. The summed E-state index contributed by atoms with van der Waals surface area (Å²) in [5.41, 5.74) is 0.418. The van der Waals surface area contributed by atoms with Crippen LogP contribution >= 0.6 is 11.6 Å². The predicted molar refractivity (Wildman–Crippen MR) is 107 cm³/mol. The number of amides is 1. The van der Waals surface area contributed by atoms with E-state index in [9.17, 15) is 13.2 Å². The van der Waals surface area contributed by atoms with Gasteiger partial charge in [-0.3, -0.25) is 9.10 Å². The first-order chi connectivity index (χ1) is 12.9.